The van der Waals surface area contributed by atoms with Crippen LogP contribution in [0.25, 0.3) is 64.6 Å². The van der Waals surface area contributed by atoms with Crippen molar-refractivity contribution in [2.45, 2.75) is 36.9 Å². The Morgan fingerprint density at radius 1 is 0.681 bits per heavy atom. The first kappa shape index (κ1) is 33.5. The van der Waals surface area contributed by atoms with Crippen LogP contribution in [-0.2, 0) is 20.1 Å². The fraction of sp³-hybridized carbons (Fsp3) is 0.150. The molecule has 8 aromatic rings. The van der Waals surface area contributed by atoms with Crippen LogP contribution in [0.2, 0.25) is 36.9 Å². The zero-order valence-corrected chi connectivity index (χ0v) is 33.7. The summed E-state index contributed by atoms with van der Waals surface area (Å²) in [5.41, 5.74) is 5.77. The summed E-state index contributed by atoms with van der Waals surface area (Å²) in [6.07, 6.45) is 3.65. The summed E-state index contributed by atoms with van der Waals surface area (Å²) >= 11 is -0.00289. The molecule has 0 aliphatic rings. The van der Waals surface area contributed by atoms with E-state index in [0.29, 0.717) is 0 Å². The molecule has 8 rings (SSSR count). The Morgan fingerprint density at radius 2 is 1.32 bits per heavy atom. The van der Waals surface area contributed by atoms with Crippen LogP contribution in [0.1, 0.15) is 0 Å². The van der Waals surface area contributed by atoms with Crippen molar-refractivity contribution in [3.8, 4) is 22.5 Å². The second kappa shape index (κ2) is 13.3. The van der Waals surface area contributed by atoms with Crippen LogP contribution in [0.15, 0.2) is 114 Å². The van der Waals surface area contributed by atoms with Gasteiger partial charge in [-0.15, -0.1) is 23.8 Å². The molecule has 7 heteroatoms. The number of furan rings is 1. The van der Waals surface area contributed by atoms with Crippen LogP contribution in [0.3, 0.4) is 0 Å². The van der Waals surface area contributed by atoms with Crippen molar-refractivity contribution in [3.05, 3.63) is 122 Å². The van der Waals surface area contributed by atoms with Crippen molar-refractivity contribution in [1.82, 2.24) is 9.97 Å². The van der Waals surface area contributed by atoms with E-state index < -0.39 is 21.3 Å². The van der Waals surface area contributed by atoms with Gasteiger partial charge in [0.1, 0.15) is 0 Å². The van der Waals surface area contributed by atoms with E-state index in [1.54, 1.807) is 6.20 Å². The van der Waals surface area contributed by atoms with Crippen molar-refractivity contribution in [3.63, 3.8) is 0 Å². The number of hydrogen-bond acceptors (Lipinski definition) is 4. The van der Waals surface area contributed by atoms with Crippen LogP contribution in [0, 0.1) is 12.1 Å². The Labute approximate surface area is 297 Å². The second-order valence-electron chi connectivity index (χ2n) is 13.7. The molecule has 0 saturated heterocycles. The number of fused-ring (bicyclic) bond motifs is 6. The van der Waals surface area contributed by atoms with Gasteiger partial charge in [-0.2, -0.15) is 11.3 Å². The minimum Gasteiger partial charge on any atom is 0 e. The Bertz CT molecular complexity index is 2170. The van der Waals surface area contributed by atoms with Crippen molar-refractivity contribution in [1.29, 1.82) is 0 Å². The number of rotatable bonds is 4. The van der Waals surface area contributed by atoms with Gasteiger partial charge in [0.25, 0.3) is 0 Å². The number of hydrogen-bond donors (Lipinski definition) is 0. The summed E-state index contributed by atoms with van der Waals surface area (Å²) in [6.45, 7) is 7.19. The van der Waals surface area contributed by atoms with E-state index in [0.717, 1.165) is 39.1 Å². The van der Waals surface area contributed by atoms with E-state index in [1.165, 1.54) is 35.1 Å². The van der Waals surface area contributed by atoms with E-state index in [1.807, 2.05) is 60.0 Å². The molecule has 0 amide bonds. The maximum absolute atomic E-state index is 6.23. The molecule has 0 aliphatic carbocycles. The second-order valence-corrected chi connectivity index (χ2v) is 30.5. The van der Waals surface area contributed by atoms with Crippen molar-refractivity contribution >= 4 is 84.4 Å². The summed E-state index contributed by atoms with van der Waals surface area (Å²) in [6, 6.07) is 40.6. The topological polar surface area (TPSA) is 38.9 Å². The SMILES string of the molecule is C[Si](C)(C)c1ccc2c(c1)sc1c(-c3ccccn3)[c-]ccc12.[CH3][Ge]([CH3])([CH3])[c]1ccc2c(c1)oc1c(-c3ccccn3)[c-]ccc12.[Ir]. The van der Waals surface area contributed by atoms with E-state index in [4.69, 9.17) is 4.42 Å². The van der Waals surface area contributed by atoms with Crippen molar-refractivity contribution < 1.29 is 24.5 Å². The molecule has 0 bridgehead atoms. The maximum Gasteiger partial charge on any atom is 0 e. The molecule has 0 N–H and O–H groups in total. The number of thiophene rings is 1. The molecule has 4 aromatic carbocycles. The Balaban J connectivity index is 0.000000161. The van der Waals surface area contributed by atoms with E-state index >= 15 is 0 Å². The van der Waals surface area contributed by atoms with E-state index in [9.17, 15) is 0 Å². The molecule has 4 heterocycles. The van der Waals surface area contributed by atoms with Gasteiger partial charge >= 0.3 is 138 Å². The summed E-state index contributed by atoms with van der Waals surface area (Å²) in [5, 5.41) is 6.47. The van der Waals surface area contributed by atoms with Crippen LogP contribution in [0.5, 0.6) is 0 Å². The molecule has 0 atom stereocenters. The van der Waals surface area contributed by atoms with Crippen LogP contribution >= 0.6 is 11.3 Å². The molecule has 237 valence electrons. The van der Waals surface area contributed by atoms with Gasteiger partial charge in [0.05, 0.1) is 8.07 Å². The van der Waals surface area contributed by atoms with Gasteiger partial charge in [0, 0.05) is 31.0 Å². The quantitative estimate of drug-likeness (QED) is 0.131. The fourth-order valence-corrected chi connectivity index (χ4v) is 10.7. The Hall–Kier alpha value is -3.39. The molecule has 0 aliphatic heterocycles. The third-order valence-corrected chi connectivity index (χ3v) is 16.0. The van der Waals surface area contributed by atoms with Gasteiger partial charge < -0.3 is 4.98 Å². The first-order valence-corrected chi connectivity index (χ1v) is 27.3. The summed E-state index contributed by atoms with van der Waals surface area (Å²) < 4.78 is 10.3. The average Bonchev–Trinajstić information content (AvgIpc) is 3.63. The standard InChI is InChI=1S/C20H18GeNO.C20H18NSSi.Ir/c1-21(2,3)14-10-11-15-16-7-6-8-17(18-9-4-5-12-22-18)20(16)23-19(15)13-14;1-23(2,3)14-10-11-15-16-7-6-8-17(18-9-4-5-12-21-18)20(16)22-19(15)13-14;/h2*4-7,9-13H,1-3H3;/q2*-1;. The number of benzene rings is 4. The monoisotopic (exact) mass is 887 g/mol. The molecule has 0 spiro atoms. The average molecular weight is 886 g/mol. The molecule has 0 saturated carbocycles. The predicted molar refractivity (Wildman–Crippen MR) is 203 cm³/mol. The Kier molecular flexibility index (Phi) is 9.45. The predicted octanol–water partition coefficient (Wildman–Crippen LogP) is 10.5. The van der Waals surface area contributed by atoms with Gasteiger partial charge in [-0.3, -0.25) is 0 Å². The zero-order valence-electron chi connectivity index (χ0n) is 27.4. The van der Waals surface area contributed by atoms with Crippen molar-refractivity contribution in [2.24, 2.45) is 0 Å². The first-order chi connectivity index (χ1) is 22.1. The van der Waals surface area contributed by atoms with Crippen LogP contribution in [-0.4, -0.2) is 31.3 Å². The van der Waals surface area contributed by atoms with Crippen molar-refractivity contribution in [2.75, 3.05) is 0 Å². The molecule has 4 aromatic heterocycles. The molecular weight excluding hydrogens is 849 g/mol. The maximum atomic E-state index is 6.23. The van der Waals surface area contributed by atoms with Gasteiger partial charge in [-0.25, -0.2) is 0 Å². The fourth-order valence-electron chi connectivity index (χ4n) is 5.82. The number of aromatic nitrogens is 2. The molecule has 1 radical (unpaired) electrons. The molecule has 47 heavy (non-hydrogen) atoms. The molecular formula is C40H36GeIrN2OSSi-2. The zero-order chi connectivity index (χ0) is 32.1. The largest absolute Gasteiger partial charge is 0 e. The molecule has 0 fully saturated rings. The summed E-state index contributed by atoms with van der Waals surface area (Å²) in [5.74, 6) is 7.20. The van der Waals surface area contributed by atoms with Gasteiger partial charge in [-0.1, -0.05) is 54.5 Å². The first-order valence-electron chi connectivity index (χ1n) is 15.7. The molecule has 3 nitrogen and oxygen atoms in total. The third-order valence-electron chi connectivity index (χ3n) is 8.44. The minimum absolute atomic E-state index is 0. The minimum atomic E-state index is -1.87. The van der Waals surface area contributed by atoms with Gasteiger partial charge in [0.2, 0.25) is 0 Å². The van der Waals surface area contributed by atoms with Crippen LogP contribution in [0.4, 0.5) is 0 Å². The van der Waals surface area contributed by atoms with E-state index in [-0.39, 0.29) is 20.1 Å². The molecule has 0 unspecified atom stereocenters. The van der Waals surface area contributed by atoms with Gasteiger partial charge in [0.15, 0.2) is 0 Å². The van der Waals surface area contributed by atoms with E-state index in [2.05, 4.69) is 114 Å². The number of pyridine rings is 2. The van der Waals surface area contributed by atoms with Gasteiger partial charge in [-0.05, 0) is 27.9 Å². The summed E-state index contributed by atoms with van der Waals surface area (Å²) in [7, 11) is -1.29. The summed E-state index contributed by atoms with van der Waals surface area (Å²) in [4.78, 5) is 8.95. The van der Waals surface area contributed by atoms with Crippen LogP contribution < -0.4 is 9.58 Å². The smallest absolute Gasteiger partial charge is 0 e. The Morgan fingerprint density at radius 3 is 1.96 bits per heavy atom. The number of nitrogens with zero attached hydrogens (tertiary/aromatic N) is 2. The third kappa shape index (κ3) is 6.67. The normalized spacial score (nSPS) is 11.9.